The fourth-order valence-electron chi connectivity index (χ4n) is 1.59. The molecule has 1 aliphatic heterocycles. The van der Waals surface area contributed by atoms with Gasteiger partial charge < -0.3 is 10.6 Å². The minimum atomic E-state index is 0.437. The molecule has 0 saturated carbocycles. The summed E-state index contributed by atoms with van der Waals surface area (Å²) in [5.74, 6) is 0.957. The Hall–Kier alpha value is -1.25. The molecule has 13 heavy (non-hydrogen) atoms. The summed E-state index contributed by atoms with van der Waals surface area (Å²) in [6.07, 6.45) is 0. The zero-order chi connectivity index (χ0) is 10.2. The van der Waals surface area contributed by atoms with Gasteiger partial charge in [0.15, 0.2) is 5.96 Å². The Bertz CT molecular complexity index is 297. The lowest BCUT2D eigenvalue weighted by Crippen LogP contribution is -2.36. The van der Waals surface area contributed by atoms with Crippen molar-refractivity contribution in [2.24, 2.45) is 16.6 Å². The Morgan fingerprint density at radius 1 is 1.46 bits per heavy atom. The summed E-state index contributed by atoms with van der Waals surface area (Å²) in [5, 5.41) is 0. The van der Waals surface area contributed by atoms with Gasteiger partial charge in [0.05, 0.1) is 0 Å². The van der Waals surface area contributed by atoms with Gasteiger partial charge in [0.25, 0.3) is 0 Å². The van der Waals surface area contributed by atoms with Gasteiger partial charge in [0, 0.05) is 18.4 Å². The number of nitrogens with two attached hydrogens (primary N) is 1. The van der Waals surface area contributed by atoms with Crippen LogP contribution in [0, 0.1) is 5.92 Å². The second-order valence-electron chi connectivity index (χ2n) is 3.63. The van der Waals surface area contributed by atoms with Gasteiger partial charge in [-0.15, -0.1) is 0 Å². The van der Waals surface area contributed by atoms with Gasteiger partial charge in [-0.25, -0.2) is 4.99 Å². The maximum Gasteiger partial charge on any atom is 0.200 e. The van der Waals surface area contributed by atoms with E-state index in [2.05, 4.69) is 25.4 Å². The van der Waals surface area contributed by atoms with Crippen LogP contribution in [0.3, 0.4) is 0 Å². The van der Waals surface area contributed by atoms with Crippen molar-refractivity contribution in [3.63, 3.8) is 0 Å². The van der Waals surface area contributed by atoms with Crippen LogP contribution in [0.2, 0.25) is 0 Å². The van der Waals surface area contributed by atoms with E-state index in [0.29, 0.717) is 11.9 Å². The molecule has 0 aromatic heterocycles. The first-order valence-electron chi connectivity index (χ1n) is 4.43. The van der Waals surface area contributed by atoms with E-state index in [-0.39, 0.29) is 0 Å². The average molecular weight is 179 g/mol. The van der Waals surface area contributed by atoms with E-state index >= 15 is 0 Å². The highest BCUT2D eigenvalue weighted by atomic mass is 15.3. The summed E-state index contributed by atoms with van der Waals surface area (Å²) in [6.45, 7) is 10.2. The second kappa shape index (κ2) is 3.24. The molecule has 0 fully saturated rings. The highest BCUT2D eigenvalue weighted by molar-refractivity contribution is 5.83. The first-order valence-corrected chi connectivity index (χ1v) is 4.43. The molecular formula is C10H17N3. The summed E-state index contributed by atoms with van der Waals surface area (Å²) in [4.78, 5) is 6.08. The monoisotopic (exact) mass is 179 g/mol. The molecular weight excluding hydrogens is 162 g/mol. The number of likely N-dealkylation sites (N-methyl/N-ethyl adjacent to an activating group) is 1. The number of guanidine groups is 1. The maximum absolute atomic E-state index is 5.70. The summed E-state index contributed by atoms with van der Waals surface area (Å²) in [5.41, 5.74) is 8.83. The van der Waals surface area contributed by atoms with Crippen molar-refractivity contribution in [2.45, 2.75) is 20.8 Å². The minimum absolute atomic E-state index is 0.437. The third kappa shape index (κ3) is 1.59. The van der Waals surface area contributed by atoms with Gasteiger partial charge in [-0.2, -0.15) is 0 Å². The number of nitrogens with zero attached hydrogens (tertiary/aromatic N) is 2. The van der Waals surface area contributed by atoms with Crippen LogP contribution >= 0.6 is 0 Å². The van der Waals surface area contributed by atoms with Crippen molar-refractivity contribution in [3.8, 4) is 0 Å². The van der Waals surface area contributed by atoms with Gasteiger partial charge in [0.1, 0.15) is 0 Å². The van der Waals surface area contributed by atoms with E-state index in [1.807, 2.05) is 18.9 Å². The second-order valence-corrected chi connectivity index (χ2v) is 3.63. The number of hydrogen-bond acceptors (Lipinski definition) is 3. The lowest BCUT2D eigenvalue weighted by atomic mass is 9.97. The molecule has 3 heteroatoms. The van der Waals surface area contributed by atoms with Gasteiger partial charge in [-0.3, -0.25) is 0 Å². The third-order valence-electron chi connectivity index (χ3n) is 2.31. The predicted octanol–water partition coefficient (Wildman–Crippen LogP) is 1.69. The SMILES string of the molecule is C=C1C(C(C)C)=C(C)N=C(N)N1C. The number of allylic oxidation sites excluding steroid dienone is 2. The highest BCUT2D eigenvalue weighted by Gasteiger charge is 2.20. The van der Waals surface area contributed by atoms with Crippen LogP contribution in [0.25, 0.3) is 0 Å². The lowest BCUT2D eigenvalue weighted by molar-refractivity contribution is 0.580. The van der Waals surface area contributed by atoms with Crippen LogP contribution in [-0.2, 0) is 0 Å². The van der Waals surface area contributed by atoms with Crippen LogP contribution in [0.1, 0.15) is 20.8 Å². The molecule has 1 aliphatic rings. The largest absolute Gasteiger partial charge is 0.369 e. The zero-order valence-corrected chi connectivity index (χ0v) is 8.76. The van der Waals surface area contributed by atoms with Crippen LogP contribution in [-0.4, -0.2) is 17.9 Å². The number of rotatable bonds is 1. The van der Waals surface area contributed by atoms with Crippen LogP contribution in [0.4, 0.5) is 0 Å². The summed E-state index contributed by atoms with van der Waals surface area (Å²) in [7, 11) is 1.88. The molecule has 1 rings (SSSR count). The Balaban J connectivity index is 3.17. The summed E-state index contributed by atoms with van der Waals surface area (Å²) in [6, 6.07) is 0. The molecule has 2 N–H and O–H groups in total. The van der Waals surface area contributed by atoms with E-state index in [1.54, 1.807) is 0 Å². The molecule has 0 amide bonds. The first kappa shape index (κ1) is 9.84. The molecule has 0 radical (unpaired) electrons. The van der Waals surface area contributed by atoms with Crippen molar-refractivity contribution in [1.82, 2.24) is 4.90 Å². The molecule has 0 saturated heterocycles. The molecule has 0 aliphatic carbocycles. The van der Waals surface area contributed by atoms with E-state index in [9.17, 15) is 0 Å². The van der Waals surface area contributed by atoms with Crippen LogP contribution in [0.5, 0.6) is 0 Å². The average Bonchev–Trinajstić information content (AvgIpc) is 1.99. The fourth-order valence-corrected chi connectivity index (χ4v) is 1.59. The Morgan fingerprint density at radius 2 is 2.00 bits per heavy atom. The molecule has 1 heterocycles. The van der Waals surface area contributed by atoms with Crippen molar-refractivity contribution < 1.29 is 0 Å². The Morgan fingerprint density at radius 3 is 2.46 bits per heavy atom. The van der Waals surface area contributed by atoms with Gasteiger partial charge in [-0.05, 0) is 18.4 Å². The first-order chi connectivity index (χ1) is 5.95. The van der Waals surface area contributed by atoms with Crippen molar-refractivity contribution in [2.75, 3.05) is 7.05 Å². The zero-order valence-electron chi connectivity index (χ0n) is 8.76. The summed E-state index contributed by atoms with van der Waals surface area (Å²) >= 11 is 0. The van der Waals surface area contributed by atoms with Crippen LogP contribution in [0.15, 0.2) is 28.5 Å². The molecule has 3 nitrogen and oxygen atoms in total. The Labute approximate surface area is 79.6 Å². The van der Waals surface area contributed by atoms with Crippen molar-refractivity contribution >= 4 is 5.96 Å². The molecule has 0 spiro atoms. The minimum Gasteiger partial charge on any atom is -0.369 e. The number of hydrogen-bond donors (Lipinski definition) is 1. The highest BCUT2D eigenvalue weighted by Crippen LogP contribution is 2.27. The van der Waals surface area contributed by atoms with Crippen molar-refractivity contribution in [1.29, 1.82) is 0 Å². The maximum atomic E-state index is 5.70. The molecule has 0 aromatic carbocycles. The van der Waals surface area contributed by atoms with E-state index in [4.69, 9.17) is 5.73 Å². The normalized spacial score (nSPS) is 18.4. The molecule has 0 atom stereocenters. The van der Waals surface area contributed by atoms with Gasteiger partial charge in [-0.1, -0.05) is 20.4 Å². The van der Waals surface area contributed by atoms with Crippen molar-refractivity contribution in [3.05, 3.63) is 23.5 Å². The van der Waals surface area contributed by atoms with Crippen LogP contribution < -0.4 is 5.73 Å². The lowest BCUT2D eigenvalue weighted by Gasteiger charge is -2.29. The number of aliphatic imine (C=N–C) groups is 1. The Kier molecular flexibility index (Phi) is 2.45. The molecule has 0 unspecified atom stereocenters. The van der Waals surface area contributed by atoms with E-state index < -0.39 is 0 Å². The molecule has 72 valence electrons. The summed E-state index contributed by atoms with van der Waals surface area (Å²) < 4.78 is 0. The predicted molar refractivity (Wildman–Crippen MR) is 56.1 cm³/mol. The standard InChI is InChI=1S/C10H17N3/c1-6(2)9-7(3)12-10(11)13(5)8(9)4/h6H,4H2,1-3,5H3,(H2,11,12). The smallest absolute Gasteiger partial charge is 0.200 e. The van der Waals surface area contributed by atoms with E-state index in [1.165, 1.54) is 5.57 Å². The van der Waals surface area contributed by atoms with E-state index in [0.717, 1.165) is 11.4 Å². The van der Waals surface area contributed by atoms with Gasteiger partial charge >= 0.3 is 0 Å². The van der Waals surface area contributed by atoms with Gasteiger partial charge in [0.2, 0.25) is 0 Å². The topological polar surface area (TPSA) is 41.6 Å². The fraction of sp³-hybridized carbons (Fsp3) is 0.500. The molecule has 0 bridgehead atoms. The quantitative estimate of drug-likeness (QED) is 0.665. The third-order valence-corrected chi connectivity index (χ3v) is 2.31. The molecule has 0 aromatic rings.